The van der Waals surface area contributed by atoms with Crippen molar-refractivity contribution >= 4 is 44.8 Å². The molecule has 3 rings (SSSR count). The smallest absolute Gasteiger partial charge is 0.234 e. The van der Waals surface area contributed by atoms with Crippen molar-refractivity contribution in [3.63, 3.8) is 0 Å². The van der Waals surface area contributed by atoms with Crippen LogP contribution in [0.2, 0.25) is 0 Å². The molecule has 0 saturated heterocycles. The Morgan fingerprint density at radius 3 is 2.48 bits per heavy atom. The molecular weight excluding hydrogens is 408 g/mol. The Morgan fingerprint density at radius 1 is 1.17 bits per heavy atom. The van der Waals surface area contributed by atoms with Gasteiger partial charge < -0.3 is 10.6 Å². The van der Waals surface area contributed by atoms with Gasteiger partial charge in [-0.15, -0.1) is 11.8 Å². The van der Waals surface area contributed by atoms with Gasteiger partial charge in [-0.1, -0.05) is 24.6 Å². The molecule has 1 aliphatic rings. The average Bonchev–Trinajstić information content (AvgIpc) is 2.63. The second kappa shape index (κ2) is 8.20. The zero-order valence-corrected chi connectivity index (χ0v) is 18.5. The number of carbonyl (C=O) groups is 2. The van der Waals surface area contributed by atoms with Gasteiger partial charge in [-0.3, -0.25) is 9.59 Å². The maximum Gasteiger partial charge on any atom is 0.234 e. The normalized spacial score (nSPS) is 14.7. The summed E-state index contributed by atoms with van der Waals surface area (Å²) in [6, 6.07) is 8.63. The molecule has 0 saturated carbocycles. The van der Waals surface area contributed by atoms with Gasteiger partial charge in [0.15, 0.2) is 9.84 Å². The quantitative estimate of drug-likeness (QED) is 0.752. The Bertz CT molecular complexity index is 1070. The van der Waals surface area contributed by atoms with E-state index in [0.29, 0.717) is 11.4 Å². The van der Waals surface area contributed by atoms with Crippen LogP contribution in [0.15, 0.2) is 40.1 Å². The minimum atomic E-state index is -3.70. The summed E-state index contributed by atoms with van der Waals surface area (Å²) in [5.41, 5.74) is 4.20. The van der Waals surface area contributed by atoms with Gasteiger partial charge in [0, 0.05) is 16.5 Å². The monoisotopic (exact) mass is 432 g/mol. The standard InChI is InChI=1S/C21H24N2O4S2/c1-12-7-13(2)20(14(3)8-12)23-21(25)15(4)11-29(26,27)16-5-6-18-17(9-16)22-19(24)10-28-18/h5-9,15H,10-11H2,1-4H3,(H,22,24)(H,23,25). The van der Waals surface area contributed by atoms with Crippen LogP contribution in [0.25, 0.3) is 0 Å². The van der Waals surface area contributed by atoms with Gasteiger partial charge in [-0.25, -0.2) is 8.42 Å². The Morgan fingerprint density at radius 2 is 1.83 bits per heavy atom. The summed E-state index contributed by atoms with van der Waals surface area (Å²) in [5.74, 6) is -1.24. The SMILES string of the molecule is Cc1cc(C)c(NC(=O)C(C)CS(=O)(=O)c2ccc3c(c2)NC(=O)CS3)c(C)c1. The van der Waals surface area contributed by atoms with Crippen molar-refractivity contribution in [1.29, 1.82) is 0 Å². The van der Waals surface area contributed by atoms with Gasteiger partial charge in [-0.05, 0) is 50.1 Å². The Kier molecular flexibility index (Phi) is 6.05. The first kappa shape index (κ1) is 21.4. The largest absolute Gasteiger partial charge is 0.325 e. The van der Waals surface area contributed by atoms with E-state index >= 15 is 0 Å². The van der Waals surface area contributed by atoms with E-state index in [9.17, 15) is 18.0 Å². The molecule has 0 fully saturated rings. The number of hydrogen-bond donors (Lipinski definition) is 2. The number of carbonyl (C=O) groups excluding carboxylic acids is 2. The minimum Gasteiger partial charge on any atom is -0.325 e. The van der Waals surface area contributed by atoms with Crippen molar-refractivity contribution in [3.05, 3.63) is 47.0 Å². The molecule has 1 atom stereocenters. The first-order chi connectivity index (χ1) is 13.6. The summed E-state index contributed by atoms with van der Waals surface area (Å²) >= 11 is 1.37. The molecule has 154 valence electrons. The van der Waals surface area contributed by atoms with Crippen molar-refractivity contribution in [1.82, 2.24) is 0 Å². The van der Waals surface area contributed by atoms with Crippen LogP contribution in [0.4, 0.5) is 11.4 Å². The first-order valence-electron chi connectivity index (χ1n) is 9.25. The fourth-order valence-corrected chi connectivity index (χ4v) is 5.74. The first-order valence-corrected chi connectivity index (χ1v) is 11.9. The number of aryl methyl sites for hydroxylation is 3. The Hall–Kier alpha value is -2.32. The summed E-state index contributed by atoms with van der Waals surface area (Å²) in [6.07, 6.45) is 0. The molecule has 1 aliphatic heterocycles. The molecule has 2 aromatic rings. The molecule has 2 amide bonds. The number of sulfone groups is 1. The third-order valence-corrected chi connectivity index (χ3v) is 7.77. The van der Waals surface area contributed by atoms with Crippen LogP contribution in [0.3, 0.4) is 0 Å². The van der Waals surface area contributed by atoms with Gasteiger partial charge in [0.1, 0.15) is 0 Å². The van der Waals surface area contributed by atoms with Crippen molar-refractivity contribution in [2.75, 3.05) is 22.1 Å². The summed E-state index contributed by atoms with van der Waals surface area (Å²) in [6.45, 7) is 7.41. The van der Waals surface area contributed by atoms with Crippen molar-refractivity contribution in [2.24, 2.45) is 5.92 Å². The molecule has 2 aromatic carbocycles. The molecular formula is C21H24N2O4S2. The predicted molar refractivity (Wildman–Crippen MR) is 116 cm³/mol. The van der Waals surface area contributed by atoms with Gasteiger partial charge in [0.25, 0.3) is 0 Å². The molecule has 0 radical (unpaired) electrons. The highest BCUT2D eigenvalue weighted by Crippen LogP contribution is 2.33. The number of amides is 2. The van der Waals surface area contributed by atoms with Crippen molar-refractivity contribution in [3.8, 4) is 0 Å². The minimum absolute atomic E-state index is 0.0985. The van der Waals surface area contributed by atoms with Crippen LogP contribution in [0.5, 0.6) is 0 Å². The Labute approximate surface area is 175 Å². The lowest BCUT2D eigenvalue weighted by molar-refractivity contribution is -0.118. The zero-order chi connectivity index (χ0) is 21.3. The maximum absolute atomic E-state index is 12.8. The van der Waals surface area contributed by atoms with Crippen LogP contribution >= 0.6 is 11.8 Å². The molecule has 0 aliphatic carbocycles. The van der Waals surface area contributed by atoms with Gasteiger partial charge in [-0.2, -0.15) is 0 Å². The van der Waals surface area contributed by atoms with E-state index in [1.807, 2.05) is 32.9 Å². The summed E-state index contributed by atoms with van der Waals surface area (Å²) < 4.78 is 25.7. The van der Waals surface area contributed by atoms with E-state index in [-0.39, 0.29) is 22.5 Å². The van der Waals surface area contributed by atoms with Crippen molar-refractivity contribution < 1.29 is 18.0 Å². The third kappa shape index (κ3) is 4.82. The number of nitrogens with one attached hydrogen (secondary N) is 2. The molecule has 0 bridgehead atoms. The predicted octanol–water partition coefficient (Wildman–Crippen LogP) is 3.70. The van der Waals surface area contributed by atoms with Gasteiger partial charge >= 0.3 is 0 Å². The average molecular weight is 433 g/mol. The summed E-state index contributed by atoms with van der Waals surface area (Å²) in [4.78, 5) is 25.2. The lowest BCUT2D eigenvalue weighted by atomic mass is 10.0. The molecule has 0 spiro atoms. The summed E-state index contributed by atoms with van der Waals surface area (Å²) in [5, 5.41) is 5.57. The maximum atomic E-state index is 12.8. The molecule has 29 heavy (non-hydrogen) atoms. The fourth-order valence-electron chi connectivity index (χ4n) is 3.38. The molecule has 1 unspecified atom stereocenters. The molecule has 0 aromatic heterocycles. The van der Waals surface area contributed by atoms with Gasteiger partial charge in [0.2, 0.25) is 11.8 Å². The second-order valence-electron chi connectivity index (χ2n) is 7.44. The molecule has 8 heteroatoms. The lowest BCUT2D eigenvalue weighted by Crippen LogP contribution is -2.28. The van der Waals surface area contributed by atoms with Crippen LogP contribution in [-0.4, -0.2) is 31.7 Å². The van der Waals surface area contributed by atoms with E-state index in [4.69, 9.17) is 0 Å². The van der Waals surface area contributed by atoms with E-state index < -0.39 is 15.8 Å². The van der Waals surface area contributed by atoms with Crippen LogP contribution < -0.4 is 10.6 Å². The van der Waals surface area contributed by atoms with Crippen molar-refractivity contribution in [2.45, 2.75) is 37.5 Å². The topological polar surface area (TPSA) is 92.3 Å². The van der Waals surface area contributed by atoms with Crippen LogP contribution in [0.1, 0.15) is 23.6 Å². The summed E-state index contributed by atoms with van der Waals surface area (Å²) in [7, 11) is -3.70. The number of hydrogen-bond acceptors (Lipinski definition) is 5. The van der Waals surface area contributed by atoms with E-state index in [0.717, 1.165) is 27.3 Å². The second-order valence-corrected chi connectivity index (χ2v) is 10.5. The highest BCUT2D eigenvalue weighted by Gasteiger charge is 2.26. The fraction of sp³-hybridized carbons (Fsp3) is 0.333. The van der Waals surface area contributed by atoms with Gasteiger partial charge in [0.05, 0.1) is 22.1 Å². The van der Waals surface area contributed by atoms with E-state index in [1.54, 1.807) is 13.0 Å². The highest BCUT2D eigenvalue weighted by atomic mass is 32.2. The molecule has 6 nitrogen and oxygen atoms in total. The van der Waals surface area contributed by atoms with E-state index in [1.165, 1.54) is 23.9 Å². The number of benzene rings is 2. The number of thioether (sulfide) groups is 1. The highest BCUT2D eigenvalue weighted by molar-refractivity contribution is 8.00. The third-order valence-electron chi connectivity index (χ3n) is 4.79. The van der Waals surface area contributed by atoms with Crippen LogP contribution in [-0.2, 0) is 19.4 Å². The molecule has 2 N–H and O–H groups in total. The molecule has 1 heterocycles. The number of fused-ring (bicyclic) bond motifs is 1. The Balaban J connectivity index is 1.76. The lowest BCUT2D eigenvalue weighted by Gasteiger charge is -2.18. The zero-order valence-electron chi connectivity index (χ0n) is 16.8. The number of rotatable bonds is 5. The van der Waals surface area contributed by atoms with Crippen LogP contribution in [0, 0.1) is 26.7 Å². The van der Waals surface area contributed by atoms with E-state index in [2.05, 4.69) is 10.6 Å². The number of anilines is 2.